The van der Waals surface area contributed by atoms with Gasteiger partial charge in [0.15, 0.2) is 0 Å². The van der Waals surface area contributed by atoms with Gasteiger partial charge in [-0.2, -0.15) is 0 Å². The number of nitro groups is 2. The number of hydrogen-bond donors (Lipinski definition) is 1. The molecule has 1 amide bonds. The third kappa shape index (κ3) is 4.44. The van der Waals surface area contributed by atoms with Crippen LogP contribution in [0.3, 0.4) is 0 Å². The number of nitro benzene ring substituents is 2. The molecule has 10 nitrogen and oxygen atoms in total. The molecule has 2 aromatic rings. The van der Waals surface area contributed by atoms with Crippen molar-refractivity contribution in [3.63, 3.8) is 0 Å². The molecule has 29 heavy (non-hydrogen) atoms. The number of carbonyl (C=O) groups excluding carboxylic acids is 1. The molecule has 0 radical (unpaired) electrons. The van der Waals surface area contributed by atoms with Crippen LogP contribution in [0.25, 0.3) is 0 Å². The normalized spacial score (nSPS) is 13.8. The Morgan fingerprint density at radius 1 is 1.10 bits per heavy atom. The number of halogens is 1. The Morgan fingerprint density at radius 2 is 1.76 bits per heavy atom. The van der Waals surface area contributed by atoms with Crippen LogP contribution < -0.4 is 10.2 Å². The van der Waals surface area contributed by atoms with Crippen LogP contribution in [-0.4, -0.2) is 42.1 Å². The third-order valence-electron chi connectivity index (χ3n) is 4.52. The Labute approximate surface area is 170 Å². The molecular formula is C18H17ClN4O6. The molecule has 11 heteroatoms. The largest absolute Gasteiger partial charge is 0.378 e. The Bertz CT molecular complexity index is 991. The van der Waals surface area contributed by atoms with E-state index in [1.54, 1.807) is 6.92 Å². The van der Waals surface area contributed by atoms with Crippen molar-refractivity contribution in [1.29, 1.82) is 0 Å². The Balaban J connectivity index is 1.88. The standard InChI is InChI=1S/C18H17ClN4O6/c1-11-8-16(22(25)26)13(19)10-14(11)20-18(24)12-2-3-15(17(9-12)23(27)28)21-4-6-29-7-5-21/h2-3,8-10H,4-7H2,1H3,(H,20,24). The van der Waals surface area contributed by atoms with E-state index in [1.165, 1.54) is 30.3 Å². The number of carbonyl (C=O) groups is 1. The molecule has 0 unspecified atom stereocenters. The van der Waals surface area contributed by atoms with Crippen molar-refractivity contribution in [1.82, 2.24) is 0 Å². The number of ether oxygens (including phenoxy) is 1. The van der Waals surface area contributed by atoms with Gasteiger partial charge in [0.1, 0.15) is 10.7 Å². The zero-order valence-electron chi connectivity index (χ0n) is 15.4. The predicted molar refractivity (Wildman–Crippen MR) is 107 cm³/mol. The van der Waals surface area contributed by atoms with Gasteiger partial charge in [-0.25, -0.2) is 0 Å². The topological polar surface area (TPSA) is 128 Å². The van der Waals surface area contributed by atoms with E-state index in [4.69, 9.17) is 16.3 Å². The summed E-state index contributed by atoms with van der Waals surface area (Å²) < 4.78 is 5.27. The van der Waals surface area contributed by atoms with Gasteiger partial charge in [-0.1, -0.05) is 11.6 Å². The van der Waals surface area contributed by atoms with E-state index in [0.29, 0.717) is 37.6 Å². The van der Waals surface area contributed by atoms with Gasteiger partial charge >= 0.3 is 0 Å². The molecule has 1 aliphatic heterocycles. The molecular weight excluding hydrogens is 404 g/mol. The Kier molecular flexibility index (Phi) is 5.95. The lowest BCUT2D eigenvalue weighted by atomic mass is 10.1. The second kappa shape index (κ2) is 8.41. The van der Waals surface area contributed by atoms with Crippen LogP contribution in [0, 0.1) is 27.2 Å². The molecule has 1 fully saturated rings. The molecule has 0 bridgehead atoms. The minimum Gasteiger partial charge on any atom is -0.378 e. The van der Waals surface area contributed by atoms with Crippen LogP contribution >= 0.6 is 11.6 Å². The van der Waals surface area contributed by atoms with E-state index in [9.17, 15) is 25.0 Å². The zero-order chi connectivity index (χ0) is 21.1. The predicted octanol–water partition coefficient (Wildman–Crippen LogP) is 3.55. The lowest BCUT2D eigenvalue weighted by Gasteiger charge is -2.28. The maximum absolute atomic E-state index is 12.6. The lowest BCUT2D eigenvalue weighted by Crippen LogP contribution is -2.36. The Hall–Kier alpha value is -3.24. The minimum absolute atomic E-state index is 0.0857. The van der Waals surface area contributed by atoms with Crippen LogP contribution in [0.4, 0.5) is 22.7 Å². The van der Waals surface area contributed by atoms with Crippen LogP contribution in [0.2, 0.25) is 5.02 Å². The van der Waals surface area contributed by atoms with Crippen LogP contribution in [0.15, 0.2) is 30.3 Å². The highest BCUT2D eigenvalue weighted by Crippen LogP contribution is 2.32. The zero-order valence-corrected chi connectivity index (χ0v) is 16.1. The highest BCUT2D eigenvalue weighted by Gasteiger charge is 2.24. The number of benzene rings is 2. The first kappa shape index (κ1) is 20.5. The van der Waals surface area contributed by atoms with E-state index in [0.717, 1.165) is 0 Å². The monoisotopic (exact) mass is 420 g/mol. The number of rotatable bonds is 5. The molecule has 1 saturated heterocycles. The van der Waals surface area contributed by atoms with Crippen molar-refractivity contribution in [3.05, 3.63) is 66.7 Å². The summed E-state index contributed by atoms with van der Waals surface area (Å²) in [5.74, 6) is -0.588. The minimum atomic E-state index is -0.616. The first-order valence-electron chi connectivity index (χ1n) is 8.65. The fourth-order valence-electron chi connectivity index (χ4n) is 3.02. The van der Waals surface area contributed by atoms with Crippen LogP contribution in [0.1, 0.15) is 15.9 Å². The summed E-state index contributed by atoms with van der Waals surface area (Å²) in [5.41, 5.74) is 0.775. The number of morpholine rings is 1. The SMILES string of the molecule is Cc1cc([N+](=O)[O-])c(Cl)cc1NC(=O)c1ccc(N2CCOCC2)c([N+](=O)[O-])c1. The molecule has 152 valence electrons. The van der Waals surface area contributed by atoms with Gasteiger partial charge < -0.3 is 15.0 Å². The van der Waals surface area contributed by atoms with Gasteiger partial charge in [0, 0.05) is 36.5 Å². The number of anilines is 2. The molecule has 1 N–H and O–H groups in total. The molecule has 2 aromatic carbocycles. The summed E-state index contributed by atoms with van der Waals surface area (Å²) >= 11 is 5.90. The second-order valence-electron chi connectivity index (χ2n) is 6.39. The van der Waals surface area contributed by atoms with Gasteiger partial charge in [-0.05, 0) is 30.7 Å². The van der Waals surface area contributed by atoms with Crippen molar-refractivity contribution in [3.8, 4) is 0 Å². The van der Waals surface area contributed by atoms with E-state index in [-0.39, 0.29) is 27.6 Å². The van der Waals surface area contributed by atoms with E-state index < -0.39 is 15.8 Å². The quantitative estimate of drug-likeness (QED) is 0.578. The average molecular weight is 421 g/mol. The fraction of sp³-hybridized carbons (Fsp3) is 0.278. The first-order chi connectivity index (χ1) is 13.8. The highest BCUT2D eigenvalue weighted by atomic mass is 35.5. The van der Waals surface area contributed by atoms with Gasteiger partial charge in [-0.15, -0.1) is 0 Å². The van der Waals surface area contributed by atoms with E-state index >= 15 is 0 Å². The molecule has 1 aliphatic rings. The molecule has 0 spiro atoms. The number of hydrogen-bond acceptors (Lipinski definition) is 7. The summed E-state index contributed by atoms with van der Waals surface area (Å²) in [6, 6.07) is 6.78. The van der Waals surface area contributed by atoms with Gasteiger partial charge in [0.25, 0.3) is 17.3 Å². The maximum Gasteiger partial charge on any atom is 0.293 e. The molecule has 1 heterocycles. The summed E-state index contributed by atoms with van der Waals surface area (Å²) in [5, 5.41) is 25.0. The molecule has 0 atom stereocenters. The fourth-order valence-corrected chi connectivity index (χ4v) is 3.25. The van der Waals surface area contributed by atoms with Crippen LogP contribution in [-0.2, 0) is 4.74 Å². The average Bonchev–Trinajstić information content (AvgIpc) is 2.70. The summed E-state index contributed by atoms with van der Waals surface area (Å²) in [4.78, 5) is 35.8. The lowest BCUT2D eigenvalue weighted by molar-refractivity contribution is -0.384. The first-order valence-corrected chi connectivity index (χ1v) is 9.02. The van der Waals surface area contributed by atoms with Gasteiger partial charge in [0.05, 0.1) is 23.1 Å². The number of aryl methyl sites for hydroxylation is 1. The van der Waals surface area contributed by atoms with Crippen LogP contribution in [0.5, 0.6) is 0 Å². The van der Waals surface area contributed by atoms with Crippen molar-refractivity contribution < 1.29 is 19.4 Å². The van der Waals surface area contributed by atoms with E-state index in [2.05, 4.69) is 5.32 Å². The highest BCUT2D eigenvalue weighted by molar-refractivity contribution is 6.33. The van der Waals surface area contributed by atoms with E-state index in [1.807, 2.05) is 4.90 Å². The summed E-state index contributed by atoms with van der Waals surface area (Å²) in [6.07, 6.45) is 0. The molecule has 0 saturated carbocycles. The molecule has 0 aromatic heterocycles. The van der Waals surface area contributed by atoms with Gasteiger partial charge in [0.2, 0.25) is 0 Å². The summed E-state index contributed by atoms with van der Waals surface area (Å²) in [7, 11) is 0. The maximum atomic E-state index is 12.6. The van der Waals surface area contributed by atoms with Crippen molar-refractivity contribution in [2.24, 2.45) is 0 Å². The van der Waals surface area contributed by atoms with Crippen molar-refractivity contribution >= 4 is 40.3 Å². The smallest absolute Gasteiger partial charge is 0.293 e. The molecule has 0 aliphatic carbocycles. The van der Waals surface area contributed by atoms with Gasteiger partial charge in [-0.3, -0.25) is 25.0 Å². The third-order valence-corrected chi connectivity index (χ3v) is 4.83. The summed E-state index contributed by atoms with van der Waals surface area (Å²) in [6.45, 7) is 3.57. The second-order valence-corrected chi connectivity index (χ2v) is 6.80. The number of nitrogens with one attached hydrogen (secondary N) is 1. The number of amides is 1. The Morgan fingerprint density at radius 3 is 2.38 bits per heavy atom. The van der Waals surface area contributed by atoms with Crippen molar-refractivity contribution in [2.75, 3.05) is 36.5 Å². The van der Waals surface area contributed by atoms with Crippen molar-refractivity contribution in [2.45, 2.75) is 6.92 Å². The number of nitrogens with zero attached hydrogens (tertiary/aromatic N) is 3. The molecule has 3 rings (SSSR count).